The summed E-state index contributed by atoms with van der Waals surface area (Å²) in [5.74, 6) is -0.546. The van der Waals surface area contributed by atoms with Crippen molar-refractivity contribution in [3.63, 3.8) is 0 Å². The summed E-state index contributed by atoms with van der Waals surface area (Å²) >= 11 is 5.69. The summed E-state index contributed by atoms with van der Waals surface area (Å²) in [5, 5.41) is 0.236. The van der Waals surface area contributed by atoms with Crippen LogP contribution in [0.4, 0.5) is 5.69 Å². The second kappa shape index (κ2) is 4.28. The van der Waals surface area contributed by atoms with Gasteiger partial charge in [0.2, 0.25) is 0 Å². The zero-order valence-corrected chi connectivity index (χ0v) is 8.76. The number of nitrogens with zero attached hydrogens (tertiary/aromatic N) is 1. The highest BCUT2D eigenvalue weighted by Gasteiger charge is 2.15. The van der Waals surface area contributed by atoms with Crippen LogP contribution >= 0.6 is 11.6 Å². The van der Waals surface area contributed by atoms with Crippen molar-refractivity contribution < 1.29 is 9.53 Å². The van der Waals surface area contributed by atoms with E-state index in [0.717, 1.165) is 0 Å². The minimum Gasteiger partial charge on any atom is -0.461 e. The molecule has 0 bridgehead atoms. The Balaban J connectivity index is 3.13. The van der Waals surface area contributed by atoms with Gasteiger partial charge in [-0.1, -0.05) is 11.6 Å². The van der Waals surface area contributed by atoms with E-state index in [1.807, 2.05) is 0 Å². The Hall–Kier alpha value is -1.29. The van der Waals surface area contributed by atoms with Crippen molar-refractivity contribution in [2.75, 3.05) is 12.3 Å². The molecule has 0 fully saturated rings. The number of hydrogen-bond donors (Lipinski definition) is 1. The molecule has 5 heteroatoms. The molecular weight excluding hydrogens is 204 g/mol. The first-order valence-corrected chi connectivity index (χ1v) is 4.53. The second-order valence-electron chi connectivity index (χ2n) is 2.74. The third-order valence-electron chi connectivity index (χ3n) is 1.70. The van der Waals surface area contributed by atoms with Crippen LogP contribution in [0.5, 0.6) is 0 Å². The molecule has 0 atom stereocenters. The average molecular weight is 215 g/mol. The average Bonchev–Trinajstić information content (AvgIpc) is 2.11. The fourth-order valence-corrected chi connectivity index (χ4v) is 1.25. The molecule has 0 radical (unpaired) electrons. The van der Waals surface area contributed by atoms with E-state index in [2.05, 4.69) is 4.98 Å². The Bertz CT molecular complexity index is 366. The van der Waals surface area contributed by atoms with Crippen LogP contribution in [0, 0.1) is 6.92 Å². The van der Waals surface area contributed by atoms with Gasteiger partial charge in [-0.25, -0.2) is 9.78 Å². The first kappa shape index (κ1) is 10.8. The fourth-order valence-electron chi connectivity index (χ4n) is 0.998. The minimum absolute atomic E-state index is 0.0804. The lowest BCUT2D eigenvalue weighted by atomic mass is 10.2. The van der Waals surface area contributed by atoms with Crippen LogP contribution in [-0.4, -0.2) is 17.6 Å². The molecule has 0 spiro atoms. The molecule has 0 unspecified atom stereocenters. The SMILES string of the molecule is CCOC(=O)c1nc(Cl)cc(C)c1N. The van der Waals surface area contributed by atoms with E-state index in [9.17, 15) is 4.79 Å². The maximum absolute atomic E-state index is 11.3. The number of halogens is 1. The molecule has 0 saturated carbocycles. The van der Waals surface area contributed by atoms with Gasteiger partial charge in [-0.2, -0.15) is 0 Å². The van der Waals surface area contributed by atoms with Crippen molar-refractivity contribution in [2.45, 2.75) is 13.8 Å². The van der Waals surface area contributed by atoms with Gasteiger partial charge in [0.1, 0.15) is 5.15 Å². The number of carbonyl (C=O) groups excluding carboxylic acids is 1. The topological polar surface area (TPSA) is 65.2 Å². The number of esters is 1. The van der Waals surface area contributed by atoms with E-state index in [4.69, 9.17) is 22.1 Å². The van der Waals surface area contributed by atoms with E-state index in [0.29, 0.717) is 11.3 Å². The van der Waals surface area contributed by atoms with Crippen molar-refractivity contribution >= 4 is 23.3 Å². The summed E-state index contributed by atoms with van der Waals surface area (Å²) in [6.45, 7) is 3.75. The number of aryl methyl sites for hydroxylation is 1. The molecule has 1 aromatic rings. The molecule has 0 aromatic carbocycles. The van der Waals surface area contributed by atoms with Crippen LogP contribution in [0.25, 0.3) is 0 Å². The molecule has 1 heterocycles. The highest BCUT2D eigenvalue weighted by atomic mass is 35.5. The summed E-state index contributed by atoms with van der Waals surface area (Å²) in [4.78, 5) is 15.2. The molecule has 0 saturated heterocycles. The highest BCUT2D eigenvalue weighted by molar-refractivity contribution is 6.29. The number of pyridine rings is 1. The van der Waals surface area contributed by atoms with Crippen LogP contribution in [-0.2, 0) is 4.74 Å². The highest BCUT2D eigenvalue weighted by Crippen LogP contribution is 2.19. The van der Waals surface area contributed by atoms with Crippen molar-refractivity contribution in [1.82, 2.24) is 4.98 Å². The molecule has 14 heavy (non-hydrogen) atoms. The Morgan fingerprint density at radius 2 is 2.36 bits per heavy atom. The second-order valence-corrected chi connectivity index (χ2v) is 3.13. The Morgan fingerprint density at radius 3 is 2.93 bits per heavy atom. The molecular formula is C9H11ClN2O2. The summed E-state index contributed by atoms with van der Waals surface area (Å²) in [6.07, 6.45) is 0. The lowest BCUT2D eigenvalue weighted by molar-refractivity contribution is 0.0521. The number of aromatic nitrogens is 1. The van der Waals surface area contributed by atoms with E-state index in [1.165, 1.54) is 0 Å². The number of hydrogen-bond acceptors (Lipinski definition) is 4. The van der Waals surface area contributed by atoms with E-state index < -0.39 is 5.97 Å². The van der Waals surface area contributed by atoms with Crippen LogP contribution < -0.4 is 5.73 Å². The van der Waals surface area contributed by atoms with Gasteiger partial charge in [0.25, 0.3) is 0 Å². The van der Waals surface area contributed by atoms with E-state index >= 15 is 0 Å². The van der Waals surface area contributed by atoms with Gasteiger partial charge in [0, 0.05) is 0 Å². The summed E-state index contributed by atoms with van der Waals surface area (Å²) < 4.78 is 4.78. The van der Waals surface area contributed by atoms with Gasteiger partial charge in [0.15, 0.2) is 5.69 Å². The normalized spacial score (nSPS) is 9.93. The lowest BCUT2D eigenvalue weighted by Gasteiger charge is -2.06. The molecule has 2 N–H and O–H groups in total. The molecule has 0 aliphatic heterocycles. The van der Waals surface area contributed by atoms with Gasteiger partial charge in [0.05, 0.1) is 12.3 Å². The minimum atomic E-state index is -0.546. The standard InChI is InChI=1S/C9H11ClN2O2/c1-3-14-9(13)8-7(11)5(2)4-6(10)12-8/h4H,3,11H2,1-2H3. The third-order valence-corrected chi connectivity index (χ3v) is 1.90. The smallest absolute Gasteiger partial charge is 0.359 e. The van der Waals surface area contributed by atoms with E-state index in [-0.39, 0.29) is 17.5 Å². The first-order chi connectivity index (χ1) is 6.56. The van der Waals surface area contributed by atoms with Crippen molar-refractivity contribution in [3.8, 4) is 0 Å². The summed E-state index contributed by atoms with van der Waals surface area (Å²) in [6, 6.07) is 1.60. The van der Waals surface area contributed by atoms with Gasteiger partial charge in [-0.15, -0.1) is 0 Å². The number of nitrogens with two attached hydrogens (primary N) is 1. The van der Waals surface area contributed by atoms with Crippen LogP contribution in [0.3, 0.4) is 0 Å². The molecule has 0 aliphatic rings. The first-order valence-electron chi connectivity index (χ1n) is 4.16. The largest absolute Gasteiger partial charge is 0.461 e. The Morgan fingerprint density at radius 1 is 1.71 bits per heavy atom. The lowest BCUT2D eigenvalue weighted by Crippen LogP contribution is -2.11. The molecule has 0 aliphatic carbocycles. The molecule has 4 nitrogen and oxygen atoms in total. The molecule has 76 valence electrons. The fraction of sp³-hybridized carbons (Fsp3) is 0.333. The molecule has 1 aromatic heterocycles. The van der Waals surface area contributed by atoms with Crippen molar-refractivity contribution in [2.24, 2.45) is 0 Å². The number of rotatable bonds is 2. The van der Waals surface area contributed by atoms with Crippen LogP contribution in [0.2, 0.25) is 5.15 Å². The zero-order valence-electron chi connectivity index (χ0n) is 8.00. The predicted molar refractivity (Wildman–Crippen MR) is 54.4 cm³/mol. The third kappa shape index (κ3) is 2.14. The molecule has 0 amide bonds. The number of carbonyl (C=O) groups is 1. The molecule has 1 rings (SSSR count). The van der Waals surface area contributed by atoms with E-state index in [1.54, 1.807) is 19.9 Å². The van der Waals surface area contributed by atoms with Crippen molar-refractivity contribution in [1.29, 1.82) is 0 Å². The van der Waals surface area contributed by atoms with Gasteiger partial charge in [-0.3, -0.25) is 0 Å². The number of ether oxygens (including phenoxy) is 1. The van der Waals surface area contributed by atoms with Gasteiger partial charge in [-0.05, 0) is 25.5 Å². The maximum atomic E-state index is 11.3. The monoisotopic (exact) mass is 214 g/mol. The Labute approximate surface area is 87.0 Å². The quantitative estimate of drug-likeness (QED) is 0.602. The van der Waals surface area contributed by atoms with Gasteiger partial charge < -0.3 is 10.5 Å². The maximum Gasteiger partial charge on any atom is 0.359 e. The van der Waals surface area contributed by atoms with Crippen molar-refractivity contribution in [3.05, 3.63) is 22.5 Å². The summed E-state index contributed by atoms with van der Waals surface area (Å²) in [5.41, 5.74) is 6.77. The Kier molecular flexibility index (Phi) is 3.30. The number of nitrogen functional groups attached to an aromatic ring is 1. The summed E-state index contributed by atoms with van der Waals surface area (Å²) in [7, 11) is 0. The van der Waals surface area contributed by atoms with Crippen LogP contribution in [0.15, 0.2) is 6.07 Å². The van der Waals surface area contributed by atoms with Gasteiger partial charge >= 0.3 is 5.97 Å². The van der Waals surface area contributed by atoms with Crippen LogP contribution in [0.1, 0.15) is 23.0 Å². The predicted octanol–water partition coefficient (Wildman–Crippen LogP) is 1.80. The number of anilines is 1. The zero-order chi connectivity index (χ0) is 10.7.